The van der Waals surface area contributed by atoms with Crippen LogP contribution >= 0.6 is 0 Å². The molecular formula is C17H27NO4. The molecule has 0 aliphatic heterocycles. The molecular weight excluding hydrogens is 282 g/mol. The monoisotopic (exact) mass is 309 g/mol. The van der Waals surface area contributed by atoms with E-state index in [1.807, 2.05) is 18.2 Å². The van der Waals surface area contributed by atoms with Crippen LogP contribution in [0.1, 0.15) is 31.7 Å². The molecule has 3 N–H and O–H groups in total. The Bertz CT molecular complexity index is 453. The first-order chi connectivity index (χ1) is 10.5. The summed E-state index contributed by atoms with van der Waals surface area (Å²) < 4.78 is 10.5. The van der Waals surface area contributed by atoms with Crippen molar-refractivity contribution in [1.82, 2.24) is 0 Å². The molecule has 2 unspecified atom stereocenters. The van der Waals surface area contributed by atoms with Crippen LogP contribution in [-0.4, -0.2) is 31.8 Å². The minimum atomic E-state index is -0.799. The van der Waals surface area contributed by atoms with Gasteiger partial charge >= 0.3 is 5.97 Å². The minimum Gasteiger partial charge on any atom is -0.497 e. The van der Waals surface area contributed by atoms with Crippen LogP contribution in [0.15, 0.2) is 18.2 Å². The zero-order valence-corrected chi connectivity index (χ0v) is 13.7. The van der Waals surface area contributed by atoms with Gasteiger partial charge in [0.15, 0.2) is 0 Å². The molecule has 2 atom stereocenters. The molecule has 0 aliphatic carbocycles. The summed E-state index contributed by atoms with van der Waals surface area (Å²) in [7, 11) is 3.28. The van der Waals surface area contributed by atoms with E-state index in [1.165, 1.54) is 0 Å². The fourth-order valence-corrected chi connectivity index (χ4v) is 2.57. The predicted octanol–water partition coefficient (Wildman–Crippen LogP) is 2.71. The summed E-state index contributed by atoms with van der Waals surface area (Å²) in [5.74, 6) is 0.684. The molecule has 0 saturated heterocycles. The minimum absolute atomic E-state index is 0.201. The third kappa shape index (κ3) is 5.93. The van der Waals surface area contributed by atoms with Gasteiger partial charge in [-0.15, -0.1) is 0 Å². The van der Waals surface area contributed by atoms with Gasteiger partial charge in [-0.1, -0.05) is 13.3 Å². The van der Waals surface area contributed by atoms with Crippen LogP contribution in [0, 0.1) is 11.8 Å². The maximum absolute atomic E-state index is 11.0. The van der Waals surface area contributed by atoms with Gasteiger partial charge < -0.3 is 20.3 Å². The molecule has 22 heavy (non-hydrogen) atoms. The number of hydrogen-bond acceptors (Lipinski definition) is 4. The highest BCUT2D eigenvalue weighted by Crippen LogP contribution is 2.24. The molecule has 1 aromatic rings. The summed E-state index contributed by atoms with van der Waals surface area (Å²) in [5.41, 5.74) is 6.66. The molecule has 0 radical (unpaired) electrons. The maximum atomic E-state index is 11.0. The highest BCUT2D eigenvalue weighted by molar-refractivity contribution is 5.70. The Morgan fingerprint density at radius 3 is 2.27 bits per heavy atom. The first-order valence-electron chi connectivity index (χ1n) is 7.65. The Morgan fingerprint density at radius 1 is 1.23 bits per heavy atom. The quantitative estimate of drug-likeness (QED) is 0.694. The molecule has 0 heterocycles. The first kappa shape index (κ1) is 18.3. The smallest absolute Gasteiger partial charge is 0.307 e. The van der Waals surface area contributed by atoms with Crippen LogP contribution in [0.2, 0.25) is 0 Å². The lowest BCUT2D eigenvalue weighted by Gasteiger charge is -2.16. The highest BCUT2D eigenvalue weighted by Gasteiger charge is 2.18. The van der Waals surface area contributed by atoms with Gasteiger partial charge in [0, 0.05) is 12.6 Å². The average Bonchev–Trinajstić information content (AvgIpc) is 2.51. The zero-order chi connectivity index (χ0) is 16.5. The highest BCUT2D eigenvalue weighted by atomic mass is 16.5. The summed E-state index contributed by atoms with van der Waals surface area (Å²) in [5, 5.41) is 9.03. The van der Waals surface area contributed by atoms with E-state index in [9.17, 15) is 4.79 Å². The number of rotatable bonds is 10. The third-order valence-electron chi connectivity index (χ3n) is 3.89. The van der Waals surface area contributed by atoms with E-state index in [1.54, 1.807) is 14.2 Å². The number of carbonyl (C=O) groups is 1. The van der Waals surface area contributed by atoms with Gasteiger partial charge in [-0.05, 0) is 42.9 Å². The molecule has 0 bridgehead atoms. The molecule has 1 rings (SSSR count). The van der Waals surface area contributed by atoms with Crippen molar-refractivity contribution >= 4 is 5.97 Å². The van der Waals surface area contributed by atoms with Crippen molar-refractivity contribution in [3.63, 3.8) is 0 Å². The molecule has 0 aliphatic rings. The second-order valence-electron chi connectivity index (χ2n) is 5.72. The molecule has 0 aromatic heterocycles. The normalized spacial score (nSPS) is 13.5. The van der Waals surface area contributed by atoms with Crippen LogP contribution in [0.4, 0.5) is 0 Å². The standard InChI is InChI=1S/C17H27NO4/c1-12(7-14(11-18)17(19)20)5-4-6-13-8-15(21-2)10-16(9-13)22-3/h8-10,12,14H,4-7,11,18H2,1-3H3,(H,19,20). The molecule has 124 valence electrons. The number of nitrogens with two attached hydrogens (primary N) is 1. The van der Waals surface area contributed by atoms with Crippen LogP contribution in [0.3, 0.4) is 0 Å². The number of methoxy groups -OCH3 is 2. The zero-order valence-electron chi connectivity index (χ0n) is 13.7. The van der Waals surface area contributed by atoms with Gasteiger partial charge in [0.25, 0.3) is 0 Å². The van der Waals surface area contributed by atoms with Crippen molar-refractivity contribution in [1.29, 1.82) is 0 Å². The molecule has 0 fully saturated rings. The Labute approximate surface area is 132 Å². The molecule has 0 amide bonds. The number of ether oxygens (including phenoxy) is 2. The molecule has 0 saturated carbocycles. The SMILES string of the molecule is COc1cc(CCCC(C)CC(CN)C(=O)O)cc(OC)c1. The van der Waals surface area contributed by atoms with Gasteiger partial charge in [-0.3, -0.25) is 4.79 Å². The fraction of sp³-hybridized carbons (Fsp3) is 0.588. The second-order valence-corrected chi connectivity index (χ2v) is 5.72. The summed E-state index contributed by atoms with van der Waals surface area (Å²) in [6.45, 7) is 2.28. The average molecular weight is 309 g/mol. The largest absolute Gasteiger partial charge is 0.497 e. The summed E-state index contributed by atoms with van der Waals surface area (Å²) in [6.07, 6.45) is 3.52. The van der Waals surface area contributed by atoms with Crippen LogP contribution in [0.25, 0.3) is 0 Å². The Kier molecular flexibility index (Phi) is 7.74. The van der Waals surface area contributed by atoms with Crippen molar-refractivity contribution in [3.05, 3.63) is 23.8 Å². The van der Waals surface area contributed by atoms with E-state index >= 15 is 0 Å². The Morgan fingerprint density at radius 2 is 1.82 bits per heavy atom. The van der Waals surface area contributed by atoms with E-state index in [0.717, 1.165) is 36.3 Å². The van der Waals surface area contributed by atoms with Crippen LogP contribution in [-0.2, 0) is 11.2 Å². The van der Waals surface area contributed by atoms with Gasteiger partial charge in [-0.2, -0.15) is 0 Å². The lowest BCUT2D eigenvalue weighted by atomic mass is 9.91. The number of carboxylic acids is 1. The Hall–Kier alpha value is -1.75. The topological polar surface area (TPSA) is 81.8 Å². The van der Waals surface area contributed by atoms with E-state index < -0.39 is 11.9 Å². The predicted molar refractivity (Wildman–Crippen MR) is 86.4 cm³/mol. The molecule has 1 aromatic carbocycles. The lowest BCUT2D eigenvalue weighted by molar-refractivity contribution is -0.141. The van der Waals surface area contributed by atoms with Gasteiger partial charge in [0.05, 0.1) is 20.1 Å². The van der Waals surface area contributed by atoms with E-state index in [2.05, 4.69) is 6.92 Å². The summed E-state index contributed by atoms with van der Waals surface area (Å²) in [4.78, 5) is 11.0. The van der Waals surface area contributed by atoms with Crippen molar-refractivity contribution in [2.75, 3.05) is 20.8 Å². The number of benzene rings is 1. The molecule has 0 spiro atoms. The van der Waals surface area contributed by atoms with Gasteiger partial charge in [-0.25, -0.2) is 0 Å². The third-order valence-corrected chi connectivity index (χ3v) is 3.89. The van der Waals surface area contributed by atoms with Crippen LogP contribution in [0.5, 0.6) is 11.5 Å². The Balaban J connectivity index is 2.48. The summed E-state index contributed by atoms with van der Waals surface area (Å²) >= 11 is 0. The van der Waals surface area contributed by atoms with Crippen LogP contribution < -0.4 is 15.2 Å². The van der Waals surface area contributed by atoms with E-state index in [0.29, 0.717) is 12.3 Å². The number of aliphatic carboxylic acids is 1. The molecule has 5 nitrogen and oxygen atoms in total. The van der Waals surface area contributed by atoms with Gasteiger partial charge in [0.1, 0.15) is 11.5 Å². The van der Waals surface area contributed by atoms with Crippen molar-refractivity contribution in [2.45, 2.75) is 32.6 Å². The van der Waals surface area contributed by atoms with Crippen molar-refractivity contribution in [3.8, 4) is 11.5 Å². The van der Waals surface area contributed by atoms with Gasteiger partial charge in [0.2, 0.25) is 0 Å². The van der Waals surface area contributed by atoms with E-state index in [-0.39, 0.29) is 6.54 Å². The number of carboxylic acid groups (broad SMARTS) is 1. The van der Waals surface area contributed by atoms with Crippen molar-refractivity contribution in [2.24, 2.45) is 17.6 Å². The summed E-state index contributed by atoms with van der Waals surface area (Å²) in [6, 6.07) is 5.87. The second kappa shape index (κ2) is 9.30. The van der Waals surface area contributed by atoms with E-state index in [4.69, 9.17) is 20.3 Å². The maximum Gasteiger partial charge on any atom is 0.307 e. The number of hydrogen-bond donors (Lipinski definition) is 2. The first-order valence-corrected chi connectivity index (χ1v) is 7.65. The lowest BCUT2D eigenvalue weighted by Crippen LogP contribution is -2.25. The molecule has 5 heteroatoms. The fourth-order valence-electron chi connectivity index (χ4n) is 2.57. The number of aryl methyl sites for hydroxylation is 1. The van der Waals surface area contributed by atoms with Crippen molar-refractivity contribution < 1.29 is 19.4 Å².